The van der Waals surface area contributed by atoms with Crippen molar-refractivity contribution in [2.45, 2.75) is 45.9 Å². The SMILES string of the molecule is CCN(CC1OCCn2nc3ccccc3c21)C(=O)OC(C)(C)C. The van der Waals surface area contributed by atoms with Crippen molar-refractivity contribution in [3.63, 3.8) is 0 Å². The van der Waals surface area contributed by atoms with Gasteiger partial charge >= 0.3 is 6.09 Å². The van der Waals surface area contributed by atoms with Crippen LogP contribution < -0.4 is 0 Å². The van der Waals surface area contributed by atoms with Gasteiger partial charge in [-0.1, -0.05) is 18.2 Å². The molecule has 1 aliphatic rings. The van der Waals surface area contributed by atoms with Crippen LogP contribution in [0, 0.1) is 0 Å². The lowest BCUT2D eigenvalue weighted by atomic mass is 10.1. The van der Waals surface area contributed by atoms with Gasteiger partial charge in [-0.25, -0.2) is 4.79 Å². The fourth-order valence-corrected chi connectivity index (χ4v) is 2.97. The Kier molecular flexibility index (Phi) is 4.49. The molecular weight excluding hydrogens is 306 g/mol. The highest BCUT2D eigenvalue weighted by Crippen LogP contribution is 2.30. The lowest BCUT2D eigenvalue weighted by molar-refractivity contribution is -0.0177. The topological polar surface area (TPSA) is 56.6 Å². The van der Waals surface area contributed by atoms with Gasteiger partial charge in [-0.15, -0.1) is 0 Å². The number of carbonyl (C=O) groups is 1. The first kappa shape index (κ1) is 16.8. The number of fused-ring (bicyclic) bond motifs is 3. The predicted octanol–water partition coefficient (Wildman–Crippen LogP) is 3.36. The molecular formula is C18H25N3O3. The third-order valence-corrected chi connectivity index (χ3v) is 4.03. The summed E-state index contributed by atoms with van der Waals surface area (Å²) in [5.41, 5.74) is 1.49. The van der Waals surface area contributed by atoms with Crippen molar-refractivity contribution in [1.82, 2.24) is 14.7 Å². The monoisotopic (exact) mass is 331 g/mol. The molecule has 1 atom stereocenters. The van der Waals surface area contributed by atoms with Crippen molar-refractivity contribution in [3.05, 3.63) is 30.0 Å². The van der Waals surface area contributed by atoms with Gasteiger partial charge in [-0.2, -0.15) is 5.10 Å². The second kappa shape index (κ2) is 6.43. The van der Waals surface area contributed by atoms with Gasteiger partial charge in [0.15, 0.2) is 0 Å². The maximum Gasteiger partial charge on any atom is 0.410 e. The Balaban J connectivity index is 1.85. The number of benzene rings is 1. The molecule has 2 heterocycles. The summed E-state index contributed by atoms with van der Waals surface area (Å²) in [6.45, 7) is 9.93. The van der Waals surface area contributed by atoms with E-state index in [0.29, 0.717) is 19.7 Å². The molecule has 3 rings (SSSR count). The minimum Gasteiger partial charge on any atom is -0.444 e. The molecule has 2 aromatic rings. The second-order valence-electron chi connectivity index (χ2n) is 7.00. The van der Waals surface area contributed by atoms with Crippen LogP contribution in [0.3, 0.4) is 0 Å². The molecule has 6 nitrogen and oxygen atoms in total. The van der Waals surface area contributed by atoms with Crippen molar-refractivity contribution < 1.29 is 14.3 Å². The van der Waals surface area contributed by atoms with E-state index in [1.807, 2.05) is 50.6 Å². The van der Waals surface area contributed by atoms with Gasteiger partial charge in [0.05, 0.1) is 30.9 Å². The van der Waals surface area contributed by atoms with Crippen LogP contribution in [0.15, 0.2) is 24.3 Å². The van der Waals surface area contributed by atoms with E-state index < -0.39 is 5.60 Å². The molecule has 24 heavy (non-hydrogen) atoms. The summed E-state index contributed by atoms with van der Waals surface area (Å²) in [5.74, 6) is 0. The number of aromatic nitrogens is 2. The average molecular weight is 331 g/mol. The summed E-state index contributed by atoms with van der Waals surface area (Å²) >= 11 is 0. The van der Waals surface area contributed by atoms with Gasteiger partial charge in [0.1, 0.15) is 11.7 Å². The van der Waals surface area contributed by atoms with E-state index in [9.17, 15) is 4.79 Å². The predicted molar refractivity (Wildman–Crippen MR) is 91.9 cm³/mol. The van der Waals surface area contributed by atoms with Gasteiger partial charge in [-0.05, 0) is 33.8 Å². The smallest absolute Gasteiger partial charge is 0.410 e. The van der Waals surface area contributed by atoms with E-state index in [1.54, 1.807) is 4.90 Å². The maximum atomic E-state index is 12.4. The normalized spacial score (nSPS) is 17.6. The number of ether oxygens (including phenoxy) is 2. The fraction of sp³-hybridized carbons (Fsp3) is 0.556. The van der Waals surface area contributed by atoms with Crippen LogP contribution in [0.5, 0.6) is 0 Å². The summed E-state index contributed by atoms with van der Waals surface area (Å²) in [6.07, 6.45) is -0.506. The van der Waals surface area contributed by atoms with Crippen molar-refractivity contribution in [2.75, 3.05) is 19.7 Å². The van der Waals surface area contributed by atoms with E-state index in [0.717, 1.165) is 23.1 Å². The Morgan fingerprint density at radius 1 is 1.42 bits per heavy atom. The Bertz CT molecular complexity index is 733. The van der Waals surface area contributed by atoms with Gasteiger partial charge in [0.25, 0.3) is 0 Å². The molecule has 1 amide bonds. The molecule has 130 valence electrons. The molecule has 1 aliphatic heterocycles. The highest BCUT2D eigenvalue weighted by molar-refractivity contribution is 5.82. The number of carbonyl (C=O) groups excluding carboxylic acids is 1. The zero-order valence-electron chi connectivity index (χ0n) is 14.8. The first-order valence-corrected chi connectivity index (χ1v) is 8.44. The van der Waals surface area contributed by atoms with Crippen LogP contribution in [0.1, 0.15) is 39.5 Å². The van der Waals surface area contributed by atoms with Gasteiger partial charge in [0.2, 0.25) is 0 Å². The number of rotatable bonds is 3. The van der Waals surface area contributed by atoms with E-state index in [1.165, 1.54) is 0 Å². The highest BCUT2D eigenvalue weighted by atomic mass is 16.6. The second-order valence-corrected chi connectivity index (χ2v) is 7.00. The van der Waals surface area contributed by atoms with Gasteiger partial charge in [0, 0.05) is 11.9 Å². The Morgan fingerprint density at radius 3 is 2.88 bits per heavy atom. The average Bonchev–Trinajstić information content (AvgIpc) is 2.90. The van der Waals surface area contributed by atoms with Crippen molar-refractivity contribution in [2.24, 2.45) is 0 Å². The van der Waals surface area contributed by atoms with E-state index >= 15 is 0 Å². The lowest BCUT2D eigenvalue weighted by Gasteiger charge is -2.31. The van der Waals surface area contributed by atoms with Crippen molar-refractivity contribution in [1.29, 1.82) is 0 Å². The number of hydrogen-bond acceptors (Lipinski definition) is 4. The van der Waals surface area contributed by atoms with Crippen LogP contribution in [0.2, 0.25) is 0 Å². The molecule has 6 heteroatoms. The van der Waals surface area contributed by atoms with Crippen LogP contribution in [0.4, 0.5) is 4.79 Å². The van der Waals surface area contributed by atoms with Crippen molar-refractivity contribution in [3.8, 4) is 0 Å². The summed E-state index contributed by atoms with van der Waals surface area (Å²) in [6, 6.07) is 8.04. The fourth-order valence-electron chi connectivity index (χ4n) is 2.97. The van der Waals surface area contributed by atoms with Gasteiger partial charge < -0.3 is 14.4 Å². The van der Waals surface area contributed by atoms with Crippen molar-refractivity contribution >= 4 is 17.0 Å². The van der Waals surface area contributed by atoms with Crippen LogP contribution in [-0.2, 0) is 16.0 Å². The first-order chi connectivity index (χ1) is 11.4. The lowest BCUT2D eigenvalue weighted by Crippen LogP contribution is -2.40. The van der Waals surface area contributed by atoms with Crippen LogP contribution in [0.25, 0.3) is 10.9 Å². The Hall–Kier alpha value is -2.08. The highest BCUT2D eigenvalue weighted by Gasteiger charge is 2.30. The number of hydrogen-bond donors (Lipinski definition) is 0. The Labute approximate surface area is 142 Å². The minimum atomic E-state index is -0.508. The summed E-state index contributed by atoms with van der Waals surface area (Å²) < 4.78 is 13.5. The molecule has 0 fully saturated rings. The molecule has 0 aliphatic carbocycles. The third kappa shape index (κ3) is 3.38. The largest absolute Gasteiger partial charge is 0.444 e. The molecule has 0 saturated heterocycles. The molecule has 1 aromatic carbocycles. The summed E-state index contributed by atoms with van der Waals surface area (Å²) in [4.78, 5) is 14.1. The van der Waals surface area contributed by atoms with E-state index in [2.05, 4.69) is 11.2 Å². The summed E-state index contributed by atoms with van der Waals surface area (Å²) in [5, 5.41) is 5.73. The molecule has 0 saturated carbocycles. The number of nitrogens with zero attached hydrogens (tertiary/aromatic N) is 3. The number of amides is 1. The van der Waals surface area contributed by atoms with Gasteiger partial charge in [-0.3, -0.25) is 4.68 Å². The molecule has 0 radical (unpaired) electrons. The van der Waals surface area contributed by atoms with Crippen LogP contribution in [-0.4, -0.2) is 46.1 Å². The van der Waals surface area contributed by atoms with E-state index in [4.69, 9.17) is 9.47 Å². The molecule has 0 bridgehead atoms. The Morgan fingerprint density at radius 2 is 2.17 bits per heavy atom. The molecule has 0 N–H and O–H groups in total. The zero-order valence-corrected chi connectivity index (χ0v) is 14.8. The van der Waals surface area contributed by atoms with Crippen LogP contribution >= 0.6 is 0 Å². The standard InChI is InChI=1S/C18H25N3O3/c1-5-20(17(22)24-18(2,3)4)12-15-16-13-8-6-7-9-14(13)19-21(16)10-11-23-15/h6-9,15H,5,10-12H2,1-4H3. The molecule has 0 spiro atoms. The molecule has 1 aromatic heterocycles. The third-order valence-electron chi connectivity index (χ3n) is 4.03. The van der Waals surface area contributed by atoms with E-state index in [-0.39, 0.29) is 12.2 Å². The maximum absolute atomic E-state index is 12.4. The minimum absolute atomic E-state index is 0.196. The summed E-state index contributed by atoms with van der Waals surface area (Å²) in [7, 11) is 0. The molecule has 1 unspecified atom stereocenters. The first-order valence-electron chi connectivity index (χ1n) is 8.44. The number of likely N-dealkylation sites (N-methyl/N-ethyl adjacent to an activating group) is 1. The quantitative estimate of drug-likeness (QED) is 0.865. The zero-order chi connectivity index (χ0) is 17.3.